The molecule has 3 heterocycles. The van der Waals surface area contributed by atoms with Crippen molar-refractivity contribution in [2.75, 3.05) is 31.1 Å². The zero-order chi connectivity index (χ0) is 25.2. The van der Waals surface area contributed by atoms with Gasteiger partial charge in [0.1, 0.15) is 30.5 Å². The zero-order valence-corrected chi connectivity index (χ0v) is 21.8. The lowest BCUT2D eigenvalue weighted by Gasteiger charge is -2.52. The molecule has 2 aromatic rings. The number of hydrogen-bond donors (Lipinski definition) is 1. The van der Waals surface area contributed by atoms with Gasteiger partial charge in [-0.2, -0.15) is 4.79 Å². The maximum absolute atomic E-state index is 11.8. The highest BCUT2D eigenvalue weighted by atomic mass is 35.5. The Balaban J connectivity index is 1.25. The molecule has 1 N–H and O–H groups in total. The Labute approximate surface area is 212 Å². The molecule has 0 atom stereocenters. The van der Waals surface area contributed by atoms with E-state index in [1.54, 1.807) is 0 Å². The summed E-state index contributed by atoms with van der Waals surface area (Å²) in [5.74, 6) is 1.45. The summed E-state index contributed by atoms with van der Waals surface area (Å²) in [7, 11) is 0. The fraction of sp³-hybridized carbons (Fsp3) is 0.577. The average molecular weight is 504 g/mol. The van der Waals surface area contributed by atoms with Crippen LogP contribution in [0.1, 0.15) is 51.7 Å². The maximum Gasteiger partial charge on any atom is 0.514 e. The van der Waals surface area contributed by atoms with E-state index in [-0.39, 0.29) is 22.2 Å². The predicted octanol–water partition coefficient (Wildman–Crippen LogP) is 4.93. The molecule has 1 amide bonds. The number of quaternary nitrogens is 1. The minimum Gasteiger partial charge on any atom is -0.489 e. The molecule has 0 spiro atoms. The van der Waals surface area contributed by atoms with Crippen LogP contribution in [0.3, 0.4) is 0 Å². The van der Waals surface area contributed by atoms with E-state index >= 15 is 0 Å². The minimum atomic E-state index is -0.797. The lowest BCUT2D eigenvalue weighted by Crippen LogP contribution is -2.76. The van der Waals surface area contributed by atoms with E-state index in [2.05, 4.69) is 21.8 Å². The van der Waals surface area contributed by atoms with Gasteiger partial charge in [0, 0.05) is 38.3 Å². The molecular formula is C26H36ClN4O4+. The van der Waals surface area contributed by atoms with E-state index < -0.39 is 6.09 Å². The van der Waals surface area contributed by atoms with Crippen LogP contribution >= 0.6 is 11.6 Å². The van der Waals surface area contributed by atoms with Crippen molar-refractivity contribution in [1.82, 2.24) is 9.97 Å². The molecule has 9 heteroatoms. The van der Waals surface area contributed by atoms with E-state index in [9.17, 15) is 9.90 Å². The molecule has 0 aliphatic carbocycles. The Morgan fingerprint density at radius 1 is 1.14 bits per heavy atom. The molecule has 1 aromatic heterocycles. The third kappa shape index (κ3) is 5.55. The molecule has 2 fully saturated rings. The fourth-order valence-corrected chi connectivity index (χ4v) is 4.98. The monoisotopic (exact) mass is 503 g/mol. The molecule has 0 bridgehead atoms. The molecule has 2 saturated heterocycles. The van der Waals surface area contributed by atoms with Gasteiger partial charge in [0.25, 0.3) is 0 Å². The number of amides is 1. The van der Waals surface area contributed by atoms with E-state index in [4.69, 9.17) is 21.1 Å². The molecule has 8 nitrogen and oxygen atoms in total. The summed E-state index contributed by atoms with van der Waals surface area (Å²) < 4.78 is 12.2. The van der Waals surface area contributed by atoms with Crippen molar-refractivity contribution >= 4 is 23.6 Å². The second-order valence-electron chi connectivity index (χ2n) is 10.5. The van der Waals surface area contributed by atoms with Crippen molar-refractivity contribution < 1.29 is 23.9 Å². The van der Waals surface area contributed by atoms with Gasteiger partial charge in [-0.1, -0.05) is 24.6 Å². The smallest absolute Gasteiger partial charge is 0.489 e. The van der Waals surface area contributed by atoms with E-state index in [0.29, 0.717) is 30.5 Å². The maximum atomic E-state index is 11.8. The number of benzene rings is 1. The molecule has 4 rings (SSSR count). The SMILES string of the molecule is CCc1cnc(N2CCC(Oc3ccc(COC4C[N+](C(=O)O)(C(C)(C)C)C4)cc3Cl)CC2)nc1. The van der Waals surface area contributed by atoms with Gasteiger partial charge in [0.05, 0.1) is 11.6 Å². The number of halogens is 1. The van der Waals surface area contributed by atoms with E-state index in [1.807, 2.05) is 51.4 Å². The van der Waals surface area contributed by atoms with Crippen LogP contribution < -0.4 is 9.64 Å². The Morgan fingerprint density at radius 2 is 1.80 bits per heavy atom. The topological polar surface area (TPSA) is 84.8 Å². The highest BCUT2D eigenvalue weighted by Gasteiger charge is 2.58. The lowest BCUT2D eigenvalue weighted by molar-refractivity contribution is -0.948. The van der Waals surface area contributed by atoms with Crippen molar-refractivity contribution in [2.45, 2.75) is 71.3 Å². The minimum absolute atomic E-state index is 0.0280. The second-order valence-corrected chi connectivity index (χ2v) is 10.9. The van der Waals surface area contributed by atoms with Gasteiger partial charge in [-0.15, -0.1) is 0 Å². The third-order valence-electron chi connectivity index (χ3n) is 7.28. The molecule has 190 valence electrons. The van der Waals surface area contributed by atoms with Crippen molar-refractivity contribution in [3.63, 3.8) is 0 Å². The van der Waals surface area contributed by atoms with Crippen molar-refractivity contribution in [3.8, 4) is 5.75 Å². The number of aryl methyl sites for hydroxylation is 1. The van der Waals surface area contributed by atoms with Crippen LogP contribution in [0.15, 0.2) is 30.6 Å². The highest BCUT2D eigenvalue weighted by Crippen LogP contribution is 2.35. The first-order valence-electron chi connectivity index (χ1n) is 12.3. The predicted molar refractivity (Wildman–Crippen MR) is 135 cm³/mol. The van der Waals surface area contributed by atoms with Gasteiger partial charge >= 0.3 is 6.09 Å². The van der Waals surface area contributed by atoms with Crippen LogP contribution in [0.4, 0.5) is 10.7 Å². The van der Waals surface area contributed by atoms with Crippen LogP contribution in [-0.2, 0) is 17.8 Å². The van der Waals surface area contributed by atoms with Gasteiger partial charge in [0.2, 0.25) is 5.95 Å². The largest absolute Gasteiger partial charge is 0.514 e. The van der Waals surface area contributed by atoms with Gasteiger partial charge in [-0.05, 0) is 50.5 Å². The zero-order valence-electron chi connectivity index (χ0n) is 21.0. The first-order chi connectivity index (χ1) is 16.6. The average Bonchev–Trinajstić information content (AvgIpc) is 2.79. The number of carbonyl (C=O) groups is 1. The fourth-order valence-electron chi connectivity index (χ4n) is 4.73. The molecule has 2 aliphatic rings. The molecule has 35 heavy (non-hydrogen) atoms. The summed E-state index contributed by atoms with van der Waals surface area (Å²) in [6.45, 7) is 11.0. The first-order valence-corrected chi connectivity index (χ1v) is 12.7. The summed E-state index contributed by atoms with van der Waals surface area (Å²) in [6.07, 6.45) is 5.69. The Kier molecular flexibility index (Phi) is 7.54. The Bertz CT molecular complexity index is 1030. The molecule has 1 aromatic carbocycles. The first kappa shape index (κ1) is 25.7. The third-order valence-corrected chi connectivity index (χ3v) is 7.58. The number of likely N-dealkylation sites (tertiary alicyclic amines) is 1. The number of piperidine rings is 1. The number of hydrogen-bond acceptors (Lipinski definition) is 6. The van der Waals surface area contributed by atoms with Gasteiger partial charge < -0.3 is 19.5 Å². The number of rotatable bonds is 7. The molecular weight excluding hydrogens is 468 g/mol. The highest BCUT2D eigenvalue weighted by molar-refractivity contribution is 6.32. The Morgan fingerprint density at radius 3 is 2.34 bits per heavy atom. The van der Waals surface area contributed by atoms with E-state index in [1.165, 1.54) is 0 Å². The quantitative estimate of drug-likeness (QED) is 0.536. The lowest BCUT2D eigenvalue weighted by atomic mass is 9.93. The summed E-state index contributed by atoms with van der Waals surface area (Å²) in [5.41, 5.74) is 1.72. The van der Waals surface area contributed by atoms with Crippen LogP contribution in [0.2, 0.25) is 5.02 Å². The molecule has 0 unspecified atom stereocenters. The van der Waals surface area contributed by atoms with Crippen LogP contribution in [0.5, 0.6) is 5.75 Å². The van der Waals surface area contributed by atoms with Crippen LogP contribution in [0.25, 0.3) is 0 Å². The van der Waals surface area contributed by atoms with E-state index in [0.717, 1.165) is 49.4 Å². The van der Waals surface area contributed by atoms with Gasteiger partial charge in [-0.3, -0.25) is 0 Å². The number of carboxylic acid groups (broad SMARTS) is 1. The normalized spacial score (nSPS) is 23.1. The summed E-state index contributed by atoms with van der Waals surface area (Å²) >= 11 is 6.52. The molecule has 2 aliphatic heterocycles. The van der Waals surface area contributed by atoms with Crippen LogP contribution in [0, 0.1) is 0 Å². The van der Waals surface area contributed by atoms with Crippen molar-refractivity contribution in [1.29, 1.82) is 0 Å². The summed E-state index contributed by atoms with van der Waals surface area (Å²) in [6, 6.07) is 5.73. The number of anilines is 1. The van der Waals surface area contributed by atoms with Crippen molar-refractivity contribution in [2.24, 2.45) is 0 Å². The Hall–Kier alpha value is -2.42. The van der Waals surface area contributed by atoms with Gasteiger partial charge in [0.15, 0.2) is 6.10 Å². The standard InChI is InChI=1S/C26H35ClN4O4/c1-5-18-13-28-24(29-14-18)30-10-8-20(9-11-30)35-23-7-6-19(12-22(23)27)17-34-21-15-31(16-21,25(32)33)26(2,3)4/h6-7,12-14,20-21H,5,8-11,15-17H2,1-4H3/p+1. The van der Waals surface area contributed by atoms with Crippen molar-refractivity contribution in [3.05, 3.63) is 46.7 Å². The second kappa shape index (κ2) is 10.3. The van der Waals surface area contributed by atoms with Gasteiger partial charge in [-0.25, -0.2) is 14.5 Å². The molecule has 0 radical (unpaired) electrons. The summed E-state index contributed by atoms with van der Waals surface area (Å²) in [5, 5.41) is 10.3. The number of aromatic nitrogens is 2. The number of nitrogens with zero attached hydrogens (tertiary/aromatic N) is 4. The number of ether oxygens (including phenoxy) is 2. The molecule has 0 saturated carbocycles. The summed E-state index contributed by atoms with van der Waals surface area (Å²) in [4.78, 5) is 23.0. The van der Waals surface area contributed by atoms with Crippen LogP contribution in [-0.4, -0.2) is 69.6 Å².